The maximum atomic E-state index is 11.3. The van der Waals surface area contributed by atoms with Crippen LogP contribution < -0.4 is 5.56 Å². The molecule has 0 spiro atoms. The Morgan fingerprint density at radius 2 is 2.27 bits per heavy atom. The highest BCUT2D eigenvalue weighted by atomic mass is 16.1. The van der Waals surface area contributed by atoms with Gasteiger partial charge in [0.15, 0.2) is 0 Å². The van der Waals surface area contributed by atoms with E-state index >= 15 is 0 Å². The fraction of sp³-hybridized carbons (Fsp3) is 0.455. The molecular weight excluding hydrogens is 190 g/mol. The minimum atomic E-state index is 0.0196. The molecule has 0 N–H and O–H groups in total. The van der Waals surface area contributed by atoms with E-state index in [0.717, 1.165) is 13.1 Å². The first-order valence-corrected chi connectivity index (χ1v) is 4.95. The first kappa shape index (κ1) is 11.5. The maximum Gasteiger partial charge on any atom is 0.250 e. The summed E-state index contributed by atoms with van der Waals surface area (Å²) in [5.41, 5.74) is 0.0196. The van der Waals surface area contributed by atoms with E-state index in [1.54, 1.807) is 22.9 Å². The van der Waals surface area contributed by atoms with E-state index in [2.05, 4.69) is 6.07 Å². The molecule has 4 nitrogen and oxygen atoms in total. The van der Waals surface area contributed by atoms with Gasteiger partial charge in [-0.15, -0.1) is 0 Å². The molecule has 80 valence electrons. The van der Waals surface area contributed by atoms with Gasteiger partial charge >= 0.3 is 0 Å². The molecule has 1 aromatic heterocycles. The zero-order chi connectivity index (χ0) is 11.1. The van der Waals surface area contributed by atoms with Crippen LogP contribution >= 0.6 is 0 Å². The van der Waals surface area contributed by atoms with E-state index < -0.39 is 0 Å². The van der Waals surface area contributed by atoms with Gasteiger partial charge in [-0.05, 0) is 13.1 Å². The van der Waals surface area contributed by atoms with E-state index in [-0.39, 0.29) is 5.56 Å². The Kier molecular flexibility index (Phi) is 4.58. The van der Waals surface area contributed by atoms with Crippen LogP contribution in [0.2, 0.25) is 0 Å². The molecule has 0 aliphatic carbocycles. The Morgan fingerprint density at radius 3 is 2.93 bits per heavy atom. The minimum Gasteiger partial charge on any atom is -0.314 e. The minimum absolute atomic E-state index is 0.0196. The number of nitriles is 1. The molecule has 0 unspecified atom stereocenters. The fourth-order valence-corrected chi connectivity index (χ4v) is 1.28. The third-order valence-electron chi connectivity index (χ3n) is 2.23. The summed E-state index contributed by atoms with van der Waals surface area (Å²) in [4.78, 5) is 13.4. The monoisotopic (exact) mass is 205 g/mol. The Labute approximate surface area is 89.4 Å². The average Bonchev–Trinajstić information content (AvgIpc) is 2.25. The molecule has 0 atom stereocenters. The van der Waals surface area contributed by atoms with Crippen LogP contribution in [0.4, 0.5) is 0 Å². The summed E-state index contributed by atoms with van der Waals surface area (Å²) in [5, 5.41) is 8.41. The predicted molar refractivity (Wildman–Crippen MR) is 58.4 cm³/mol. The second-order valence-electron chi connectivity index (χ2n) is 3.44. The van der Waals surface area contributed by atoms with E-state index in [1.807, 2.05) is 18.0 Å². The van der Waals surface area contributed by atoms with Crippen LogP contribution in [-0.4, -0.2) is 29.6 Å². The summed E-state index contributed by atoms with van der Waals surface area (Å²) in [6, 6.07) is 7.23. The van der Waals surface area contributed by atoms with Crippen molar-refractivity contribution in [1.82, 2.24) is 9.47 Å². The number of nitrogens with zero attached hydrogens (tertiary/aromatic N) is 3. The fourth-order valence-electron chi connectivity index (χ4n) is 1.28. The zero-order valence-corrected chi connectivity index (χ0v) is 8.89. The lowest BCUT2D eigenvalue weighted by Crippen LogP contribution is -2.28. The predicted octanol–water partition coefficient (Wildman–Crippen LogP) is 0.694. The summed E-state index contributed by atoms with van der Waals surface area (Å²) in [5.74, 6) is 0. The van der Waals surface area contributed by atoms with Gasteiger partial charge in [0.1, 0.15) is 0 Å². The van der Waals surface area contributed by atoms with Crippen molar-refractivity contribution in [3.63, 3.8) is 0 Å². The lowest BCUT2D eigenvalue weighted by atomic mass is 10.4. The van der Waals surface area contributed by atoms with Crippen molar-refractivity contribution in [2.24, 2.45) is 0 Å². The van der Waals surface area contributed by atoms with Gasteiger partial charge in [-0.25, -0.2) is 0 Å². The van der Waals surface area contributed by atoms with Crippen LogP contribution in [0.3, 0.4) is 0 Å². The normalized spacial score (nSPS) is 10.2. The molecule has 4 heteroatoms. The highest BCUT2D eigenvalue weighted by Gasteiger charge is 1.98. The van der Waals surface area contributed by atoms with Gasteiger partial charge < -0.3 is 9.47 Å². The zero-order valence-electron chi connectivity index (χ0n) is 8.89. The van der Waals surface area contributed by atoms with E-state index in [0.29, 0.717) is 13.0 Å². The van der Waals surface area contributed by atoms with Gasteiger partial charge in [0.25, 0.3) is 5.56 Å². The van der Waals surface area contributed by atoms with Gasteiger partial charge in [0, 0.05) is 38.3 Å². The number of likely N-dealkylation sites (N-methyl/N-ethyl adjacent to an activating group) is 1. The first-order valence-electron chi connectivity index (χ1n) is 4.95. The average molecular weight is 205 g/mol. The quantitative estimate of drug-likeness (QED) is 0.710. The molecule has 0 radical (unpaired) electrons. The van der Waals surface area contributed by atoms with Crippen molar-refractivity contribution < 1.29 is 0 Å². The highest BCUT2D eigenvalue weighted by molar-refractivity contribution is 4.93. The standard InChI is InChI=1S/C11H15N3O/c1-13(7-4-6-12)9-10-14-8-3-2-5-11(14)15/h2-3,5,8H,4,7,9-10H2,1H3. The highest BCUT2D eigenvalue weighted by Crippen LogP contribution is 1.88. The summed E-state index contributed by atoms with van der Waals surface area (Å²) in [7, 11) is 1.95. The van der Waals surface area contributed by atoms with Gasteiger partial charge in [-0.2, -0.15) is 5.26 Å². The molecule has 0 aliphatic rings. The number of hydrogen-bond acceptors (Lipinski definition) is 3. The SMILES string of the molecule is CN(CCC#N)CCn1ccccc1=O. The van der Waals surface area contributed by atoms with Crippen molar-refractivity contribution in [2.45, 2.75) is 13.0 Å². The molecule has 0 amide bonds. The van der Waals surface area contributed by atoms with Crippen molar-refractivity contribution in [1.29, 1.82) is 5.26 Å². The smallest absolute Gasteiger partial charge is 0.250 e. The van der Waals surface area contributed by atoms with Gasteiger partial charge in [-0.1, -0.05) is 6.07 Å². The molecule has 0 aliphatic heterocycles. The molecular formula is C11H15N3O. The number of pyridine rings is 1. The lowest BCUT2D eigenvalue weighted by molar-refractivity contribution is 0.324. The summed E-state index contributed by atoms with van der Waals surface area (Å²) in [6.07, 6.45) is 2.31. The Bertz CT molecular complexity index is 391. The van der Waals surface area contributed by atoms with Crippen molar-refractivity contribution in [3.8, 4) is 6.07 Å². The molecule has 0 fully saturated rings. The van der Waals surface area contributed by atoms with Crippen LogP contribution in [0, 0.1) is 11.3 Å². The molecule has 15 heavy (non-hydrogen) atoms. The van der Waals surface area contributed by atoms with Crippen molar-refractivity contribution in [3.05, 3.63) is 34.7 Å². The van der Waals surface area contributed by atoms with Gasteiger partial charge in [0.2, 0.25) is 0 Å². The lowest BCUT2D eigenvalue weighted by Gasteiger charge is -2.15. The largest absolute Gasteiger partial charge is 0.314 e. The van der Waals surface area contributed by atoms with Gasteiger partial charge in [0.05, 0.1) is 6.07 Å². The van der Waals surface area contributed by atoms with Crippen LogP contribution in [0.25, 0.3) is 0 Å². The van der Waals surface area contributed by atoms with Gasteiger partial charge in [-0.3, -0.25) is 4.79 Å². The third-order valence-corrected chi connectivity index (χ3v) is 2.23. The maximum absolute atomic E-state index is 11.3. The van der Waals surface area contributed by atoms with Crippen LogP contribution in [-0.2, 0) is 6.54 Å². The number of rotatable bonds is 5. The van der Waals surface area contributed by atoms with Crippen molar-refractivity contribution in [2.75, 3.05) is 20.1 Å². The number of aromatic nitrogens is 1. The Balaban J connectivity index is 2.41. The summed E-state index contributed by atoms with van der Waals surface area (Å²) in [6.45, 7) is 2.20. The van der Waals surface area contributed by atoms with Crippen LogP contribution in [0.1, 0.15) is 6.42 Å². The first-order chi connectivity index (χ1) is 7.24. The molecule has 1 aromatic rings. The number of hydrogen-bond donors (Lipinski definition) is 0. The topological polar surface area (TPSA) is 49.0 Å². The molecule has 1 heterocycles. The van der Waals surface area contributed by atoms with Crippen molar-refractivity contribution >= 4 is 0 Å². The van der Waals surface area contributed by atoms with Crippen LogP contribution in [0.15, 0.2) is 29.2 Å². The Hall–Kier alpha value is -1.60. The van der Waals surface area contributed by atoms with E-state index in [4.69, 9.17) is 5.26 Å². The van der Waals surface area contributed by atoms with Crippen LogP contribution in [0.5, 0.6) is 0 Å². The molecule has 0 saturated carbocycles. The molecule has 0 bridgehead atoms. The molecule has 0 saturated heterocycles. The molecule has 0 aromatic carbocycles. The van der Waals surface area contributed by atoms with E-state index in [9.17, 15) is 4.79 Å². The van der Waals surface area contributed by atoms with E-state index in [1.165, 1.54) is 0 Å². The molecule has 1 rings (SSSR count). The Morgan fingerprint density at radius 1 is 1.47 bits per heavy atom. The second kappa shape index (κ2) is 5.99. The summed E-state index contributed by atoms with van der Waals surface area (Å²) >= 11 is 0. The second-order valence-corrected chi connectivity index (χ2v) is 3.44. The summed E-state index contributed by atoms with van der Waals surface area (Å²) < 4.78 is 1.67. The third kappa shape index (κ3) is 3.96.